The Kier molecular flexibility index (Phi) is 4.19. The van der Waals surface area contributed by atoms with E-state index in [9.17, 15) is 9.59 Å². The van der Waals surface area contributed by atoms with Crippen molar-refractivity contribution < 1.29 is 9.59 Å². The number of aryl methyl sites for hydroxylation is 2. The predicted molar refractivity (Wildman–Crippen MR) is 83.5 cm³/mol. The van der Waals surface area contributed by atoms with Crippen molar-refractivity contribution in [1.82, 2.24) is 9.80 Å². The molecule has 0 N–H and O–H groups in total. The van der Waals surface area contributed by atoms with Crippen LogP contribution >= 0.6 is 0 Å². The molecule has 0 atom stereocenters. The number of piperazine rings is 1. The molecule has 1 aliphatic heterocycles. The Morgan fingerprint density at radius 3 is 2.57 bits per heavy atom. The first kappa shape index (κ1) is 15.7. The number of carbonyl (C=O) groups excluding carboxylic acids is 2. The molecule has 0 aliphatic carbocycles. The van der Waals surface area contributed by atoms with Crippen LogP contribution in [0, 0.1) is 13.8 Å². The van der Waals surface area contributed by atoms with E-state index in [1.165, 1.54) is 0 Å². The molecule has 0 radical (unpaired) electrons. The van der Waals surface area contributed by atoms with E-state index >= 15 is 0 Å². The van der Waals surface area contributed by atoms with Crippen LogP contribution in [0.25, 0.3) is 0 Å². The average Bonchev–Trinajstić information content (AvgIpc) is 2.42. The molecule has 1 aliphatic rings. The summed E-state index contributed by atoms with van der Waals surface area (Å²) >= 11 is 0. The fourth-order valence-electron chi connectivity index (χ4n) is 2.83. The first-order valence-electron chi connectivity index (χ1n) is 7.34. The first-order chi connectivity index (χ1) is 9.73. The number of rotatable bonds is 3. The fourth-order valence-corrected chi connectivity index (χ4v) is 2.83. The van der Waals surface area contributed by atoms with Gasteiger partial charge in [0.05, 0.1) is 12.1 Å². The topological polar surface area (TPSA) is 40.6 Å². The summed E-state index contributed by atoms with van der Waals surface area (Å²) in [6.45, 7) is 9.40. The maximum absolute atomic E-state index is 12.6. The van der Waals surface area contributed by atoms with Gasteiger partial charge in [-0.25, -0.2) is 0 Å². The minimum atomic E-state index is -0.625. The highest BCUT2D eigenvalue weighted by Gasteiger charge is 2.41. The molecule has 4 nitrogen and oxygen atoms in total. The van der Waals surface area contributed by atoms with Crippen molar-refractivity contribution in [3.8, 4) is 0 Å². The molecule has 21 heavy (non-hydrogen) atoms. The average molecular weight is 288 g/mol. The molecule has 1 aromatic carbocycles. The second-order valence-corrected chi connectivity index (χ2v) is 6.45. The molecule has 1 saturated heterocycles. The predicted octanol–water partition coefficient (Wildman–Crippen LogP) is 2.04. The highest BCUT2D eigenvalue weighted by atomic mass is 16.2. The second-order valence-electron chi connectivity index (χ2n) is 6.45. The van der Waals surface area contributed by atoms with E-state index in [4.69, 9.17) is 0 Å². The van der Waals surface area contributed by atoms with E-state index in [0.717, 1.165) is 23.2 Å². The zero-order valence-corrected chi connectivity index (χ0v) is 13.6. The van der Waals surface area contributed by atoms with Crippen LogP contribution in [0.1, 0.15) is 35.3 Å². The summed E-state index contributed by atoms with van der Waals surface area (Å²) in [5.41, 5.74) is 2.21. The lowest BCUT2D eigenvalue weighted by Gasteiger charge is -2.44. The molecule has 1 amide bonds. The molecule has 4 heteroatoms. The standard InChI is InChI=1S/C17H24N2O2/c1-12-6-7-13(2)14(10-12)15(20)11-19-9-8-18(5)16(21)17(19,3)4/h6-7,10H,8-9,11H2,1-5H3. The zero-order valence-electron chi connectivity index (χ0n) is 13.6. The van der Waals surface area contributed by atoms with Gasteiger partial charge in [-0.2, -0.15) is 0 Å². The van der Waals surface area contributed by atoms with E-state index in [-0.39, 0.29) is 18.2 Å². The van der Waals surface area contributed by atoms with E-state index in [1.807, 2.05) is 57.8 Å². The van der Waals surface area contributed by atoms with Gasteiger partial charge in [-0.3, -0.25) is 14.5 Å². The summed E-state index contributed by atoms with van der Waals surface area (Å²) in [6.07, 6.45) is 0. The van der Waals surface area contributed by atoms with Crippen LogP contribution in [-0.2, 0) is 4.79 Å². The lowest BCUT2D eigenvalue weighted by molar-refractivity contribution is -0.146. The lowest BCUT2D eigenvalue weighted by Crippen LogP contribution is -2.62. The van der Waals surface area contributed by atoms with E-state index in [0.29, 0.717) is 6.54 Å². The van der Waals surface area contributed by atoms with Crippen molar-refractivity contribution in [3.63, 3.8) is 0 Å². The van der Waals surface area contributed by atoms with Crippen molar-refractivity contribution in [3.05, 3.63) is 34.9 Å². The second kappa shape index (κ2) is 5.60. The molecule has 0 bridgehead atoms. The molecule has 1 aromatic rings. The normalized spacial score (nSPS) is 18.9. The number of ketones is 1. The Morgan fingerprint density at radius 2 is 1.90 bits per heavy atom. The highest BCUT2D eigenvalue weighted by Crippen LogP contribution is 2.22. The minimum Gasteiger partial charge on any atom is -0.343 e. The van der Waals surface area contributed by atoms with Crippen LogP contribution in [0.2, 0.25) is 0 Å². The largest absolute Gasteiger partial charge is 0.343 e. The van der Waals surface area contributed by atoms with Crippen molar-refractivity contribution in [1.29, 1.82) is 0 Å². The Morgan fingerprint density at radius 1 is 1.24 bits per heavy atom. The third-order valence-electron chi connectivity index (χ3n) is 4.39. The highest BCUT2D eigenvalue weighted by molar-refractivity contribution is 5.99. The number of hydrogen-bond acceptors (Lipinski definition) is 3. The van der Waals surface area contributed by atoms with Crippen molar-refractivity contribution >= 4 is 11.7 Å². The van der Waals surface area contributed by atoms with E-state index < -0.39 is 5.54 Å². The van der Waals surface area contributed by atoms with Crippen LogP contribution in [0.4, 0.5) is 0 Å². The Balaban J connectivity index is 2.19. The molecule has 0 aromatic heterocycles. The van der Waals surface area contributed by atoms with Gasteiger partial charge in [0.1, 0.15) is 0 Å². The Hall–Kier alpha value is -1.68. The monoisotopic (exact) mass is 288 g/mol. The van der Waals surface area contributed by atoms with Gasteiger partial charge in [-0.15, -0.1) is 0 Å². The van der Waals surface area contributed by atoms with Gasteiger partial charge in [-0.05, 0) is 39.3 Å². The molecule has 1 heterocycles. The molecular weight excluding hydrogens is 264 g/mol. The van der Waals surface area contributed by atoms with Crippen LogP contribution in [0.5, 0.6) is 0 Å². The van der Waals surface area contributed by atoms with Crippen molar-refractivity contribution in [2.75, 3.05) is 26.7 Å². The van der Waals surface area contributed by atoms with Crippen LogP contribution < -0.4 is 0 Å². The zero-order chi connectivity index (χ0) is 15.8. The maximum Gasteiger partial charge on any atom is 0.242 e. The van der Waals surface area contributed by atoms with Gasteiger partial charge in [-0.1, -0.05) is 17.7 Å². The Labute approximate surface area is 126 Å². The quantitative estimate of drug-likeness (QED) is 0.799. The number of likely N-dealkylation sites (N-methyl/N-ethyl adjacent to an activating group) is 1. The van der Waals surface area contributed by atoms with Gasteiger partial charge >= 0.3 is 0 Å². The number of nitrogens with zero attached hydrogens (tertiary/aromatic N) is 2. The van der Waals surface area contributed by atoms with Gasteiger partial charge in [0.15, 0.2) is 5.78 Å². The Bertz CT molecular complexity index is 578. The van der Waals surface area contributed by atoms with Crippen molar-refractivity contribution in [2.45, 2.75) is 33.2 Å². The molecule has 0 spiro atoms. The van der Waals surface area contributed by atoms with Gasteiger partial charge < -0.3 is 4.90 Å². The van der Waals surface area contributed by atoms with Crippen LogP contribution in [-0.4, -0.2) is 53.7 Å². The molecular formula is C17H24N2O2. The third-order valence-corrected chi connectivity index (χ3v) is 4.39. The molecule has 0 unspecified atom stereocenters. The minimum absolute atomic E-state index is 0.0718. The lowest BCUT2D eigenvalue weighted by atomic mass is 9.95. The van der Waals surface area contributed by atoms with Crippen LogP contribution in [0.15, 0.2) is 18.2 Å². The smallest absolute Gasteiger partial charge is 0.242 e. The summed E-state index contributed by atoms with van der Waals surface area (Å²) < 4.78 is 0. The number of hydrogen-bond donors (Lipinski definition) is 0. The summed E-state index contributed by atoms with van der Waals surface area (Å²) in [6, 6.07) is 5.92. The molecule has 2 rings (SSSR count). The summed E-state index contributed by atoms with van der Waals surface area (Å²) in [7, 11) is 1.81. The number of amides is 1. The third kappa shape index (κ3) is 3.00. The first-order valence-corrected chi connectivity index (χ1v) is 7.34. The number of benzene rings is 1. The van der Waals surface area contributed by atoms with Gasteiger partial charge in [0, 0.05) is 25.7 Å². The molecule has 0 saturated carbocycles. The van der Waals surface area contributed by atoms with Crippen LogP contribution in [0.3, 0.4) is 0 Å². The summed E-state index contributed by atoms with van der Waals surface area (Å²) in [5, 5.41) is 0. The van der Waals surface area contributed by atoms with Gasteiger partial charge in [0.2, 0.25) is 5.91 Å². The number of Topliss-reactive ketones (excluding diaryl/α,β-unsaturated/α-hetero) is 1. The van der Waals surface area contributed by atoms with E-state index in [1.54, 1.807) is 4.90 Å². The molecule has 114 valence electrons. The number of carbonyl (C=O) groups is 2. The van der Waals surface area contributed by atoms with Gasteiger partial charge in [0.25, 0.3) is 0 Å². The van der Waals surface area contributed by atoms with Crippen molar-refractivity contribution in [2.24, 2.45) is 0 Å². The van der Waals surface area contributed by atoms with E-state index in [2.05, 4.69) is 0 Å². The summed E-state index contributed by atoms with van der Waals surface area (Å²) in [5.74, 6) is 0.157. The fraction of sp³-hybridized carbons (Fsp3) is 0.529. The molecule has 1 fully saturated rings. The maximum atomic E-state index is 12.6. The SMILES string of the molecule is Cc1ccc(C)c(C(=O)CN2CCN(C)C(=O)C2(C)C)c1. The summed E-state index contributed by atoms with van der Waals surface area (Å²) in [4.78, 5) is 28.6.